The highest BCUT2D eigenvalue weighted by Gasteiger charge is 2.22. The molecule has 1 aliphatic carbocycles. The molecule has 1 amide bonds. The first-order valence-corrected chi connectivity index (χ1v) is 13.8. The number of nitrogens with one attached hydrogen (secondary N) is 2. The molecular weight excluding hydrogens is 458 g/mol. The number of nitrogens with zero attached hydrogens (tertiary/aromatic N) is 1. The molecule has 6 nitrogen and oxygen atoms in total. The van der Waals surface area contributed by atoms with Gasteiger partial charge in [0, 0.05) is 23.6 Å². The quantitative estimate of drug-likeness (QED) is 0.190. The fourth-order valence-corrected chi connectivity index (χ4v) is 4.02. The third kappa shape index (κ3) is 10.3. The highest BCUT2D eigenvalue weighted by Crippen LogP contribution is 2.30. The van der Waals surface area contributed by atoms with E-state index in [4.69, 9.17) is 9.47 Å². The molecule has 2 heterocycles. The Bertz CT molecular complexity index is 931. The number of carbonyl (C=O) groups excluding carboxylic acids is 1. The molecule has 2 aromatic rings. The summed E-state index contributed by atoms with van der Waals surface area (Å²) in [6.45, 7) is 11.3. The number of carbonyl (C=O) groups is 1. The lowest BCUT2D eigenvalue weighted by atomic mass is 10.1. The summed E-state index contributed by atoms with van der Waals surface area (Å²) in [5, 5.41) is 2.61. The summed E-state index contributed by atoms with van der Waals surface area (Å²) < 4.78 is 14.4. The van der Waals surface area contributed by atoms with Crippen LogP contribution in [-0.4, -0.2) is 23.4 Å². The molecular formula is C28H41N3O3S. The maximum Gasteiger partial charge on any atom is 0.413 e. The number of pyridine rings is 1. The molecule has 1 aliphatic heterocycles. The van der Waals surface area contributed by atoms with Crippen LogP contribution in [0.15, 0.2) is 48.7 Å². The summed E-state index contributed by atoms with van der Waals surface area (Å²) in [5.74, 6) is 3.33. The molecule has 0 spiro atoms. The molecule has 1 atom stereocenters. The van der Waals surface area contributed by atoms with E-state index in [1.165, 1.54) is 18.4 Å². The fourth-order valence-electron chi connectivity index (χ4n) is 3.26. The van der Waals surface area contributed by atoms with Gasteiger partial charge in [-0.15, -0.1) is 0 Å². The second-order valence-electron chi connectivity index (χ2n) is 8.03. The molecule has 1 aromatic carbocycles. The number of benzene rings is 1. The smallest absolute Gasteiger partial charge is 0.413 e. The molecule has 0 bridgehead atoms. The Labute approximate surface area is 215 Å². The van der Waals surface area contributed by atoms with Gasteiger partial charge in [0.15, 0.2) is 0 Å². The van der Waals surface area contributed by atoms with Crippen molar-refractivity contribution in [2.45, 2.75) is 73.0 Å². The lowest BCUT2D eigenvalue weighted by Gasteiger charge is -2.16. The number of rotatable bonds is 11. The molecule has 1 aromatic heterocycles. The Balaban J connectivity index is 0.00000103. The number of allylic oxidation sites excluding steroid dienone is 2. The van der Waals surface area contributed by atoms with E-state index in [9.17, 15) is 4.79 Å². The average molecular weight is 500 g/mol. The first-order valence-electron chi connectivity index (χ1n) is 12.8. The van der Waals surface area contributed by atoms with Crippen LogP contribution in [0.5, 0.6) is 5.75 Å². The van der Waals surface area contributed by atoms with Gasteiger partial charge in [-0.05, 0) is 67.9 Å². The van der Waals surface area contributed by atoms with E-state index < -0.39 is 6.09 Å². The van der Waals surface area contributed by atoms with E-state index >= 15 is 0 Å². The summed E-state index contributed by atoms with van der Waals surface area (Å²) in [7, 11) is 0. The standard InChI is InChI=1S/C24H29N3O3S.2C2H6/c1-17(20-7-5-8-22(13-20)29-15-18-9-10-18)27-31-11-4-2-3-6-19-12-21-16-30-24(28)26-23(21)25-14-19;2*1-2/h2-3,5,7-8,12-14,17-18,27H,4,6,9-11,15-16H2,1H3,(H,25,26,28);2*1-2H3/b3-2+;;. The molecule has 4 rings (SSSR count). The average Bonchev–Trinajstić information content (AvgIpc) is 3.74. The summed E-state index contributed by atoms with van der Waals surface area (Å²) in [5.41, 5.74) is 3.27. The fraction of sp³-hybridized carbons (Fsp3) is 0.500. The molecule has 7 heteroatoms. The second kappa shape index (κ2) is 16.2. The lowest BCUT2D eigenvalue weighted by Crippen LogP contribution is -2.21. The van der Waals surface area contributed by atoms with Crippen molar-refractivity contribution < 1.29 is 14.3 Å². The van der Waals surface area contributed by atoms with Crippen LogP contribution in [0.3, 0.4) is 0 Å². The maximum atomic E-state index is 11.2. The third-order valence-corrected chi connectivity index (χ3v) is 6.27. The normalized spacial score (nSPS) is 14.9. The van der Waals surface area contributed by atoms with Gasteiger partial charge < -0.3 is 9.47 Å². The minimum absolute atomic E-state index is 0.266. The van der Waals surface area contributed by atoms with E-state index in [1.54, 1.807) is 18.1 Å². The molecule has 192 valence electrons. The van der Waals surface area contributed by atoms with Gasteiger partial charge in [0.05, 0.1) is 6.61 Å². The van der Waals surface area contributed by atoms with E-state index in [1.807, 2.05) is 39.8 Å². The molecule has 35 heavy (non-hydrogen) atoms. The van der Waals surface area contributed by atoms with Crippen LogP contribution >= 0.6 is 11.9 Å². The van der Waals surface area contributed by atoms with Crippen molar-refractivity contribution >= 4 is 23.9 Å². The number of fused-ring (bicyclic) bond motifs is 1. The largest absolute Gasteiger partial charge is 0.493 e. The van der Waals surface area contributed by atoms with Crippen LogP contribution in [0.25, 0.3) is 0 Å². The summed E-state index contributed by atoms with van der Waals surface area (Å²) in [4.78, 5) is 15.5. The Kier molecular flexibility index (Phi) is 13.3. The van der Waals surface area contributed by atoms with Crippen molar-refractivity contribution in [3.8, 4) is 5.75 Å². The van der Waals surface area contributed by atoms with Crippen LogP contribution in [0.4, 0.5) is 10.6 Å². The van der Waals surface area contributed by atoms with Gasteiger partial charge >= 0.3 is 6.09 Å². The Morgan fingerprint density at radius 1 is 1.23 bits per heavy atom. The molecule has 2 N–H and O–H groups in total. The number of anilines is 1. The SMILES string of the molecule is CC.CC.CC(NSCC/C=C/Cc1cnc2c(c1)COC(=O)N2)c1cccc(OCC2CC2)c1. The second-order valence-corrected chi connectivity index (χ2v) is 8.96. The van der Waals surface area contributed by atoms with E-state index in [2.05, 4.69) is 52.3 Å². The molecule has 1 saturated carbocycles. The number of amides is 1. The zero-order valence-corrected chi connectivity index (χ0v) is 22.6. The summed E-state index contributed by atoms with van der Waals surface area (Å²) >= 11 is 1.74. The zero-order chi connectivity index (χ0) is 25.5. The number of ether oxygens (including phenoxy) is 2. The van der Waals surface area contributed by atoms with Gasteiger partial charge in [-0.3, -0.25) is 10.0 Å². The van der Waals surface area contributed by atoms with Crippen molar-refractivity contribution in [2.75, 3.05) is 17.7 Å². The van der Waals surface area contributed by atoms with Gasteiger partial charge in [0.25, 0.3) is 0 Å². The predicted molar refractivity (Wildman–Crippen MR) is 147 cm³/mol. The maximum absolute atomic E-state index is 11.2. The molecule has 1 fully saturated rings. The van der Waals surface area contributed by atoms with E-state index in [0.717, 1.165) is 48.0 Å². The Hall–Kier alpha value is -2.51. The van der Waals surface area contributed by atoms with Crippen molar-refractivity contribution in [3.63, 3.8) is 0 Å². The van der Waals surface area contributed by atoms with Crippen LogP contribution < -0.4 is 14.8 Å². The van der Waals surface area contributed by atoms with E-state index in [0.29, 0.717) is 5.82 Å². The monoisotopic (exact) mass is 499 g/mol. The lowest BCUT2D eigenvalue weighted by molar-refractivity contribution is 0.151. The first kappa shape index (κ1) is 28.7. The van der Waals surface area contributed by atoms with Crippen LogP contribution in [-0.2, 0) is 17.8 Å². The molecule has 1 unspecified atom stereocenters. The van der Waals surface area contributed by atoms with Gasteiger partial charge in [0.1, 0.15) is 18.2 Å². The number of hydrogen-bond acceptors (Lipinski definition) is 6. The minimum atomic E-state index is -0.442. The van der Waals surface area contributed by atoms with Crippen molar-refractivity contribution in [3.05, 3.63) is 65.4 Å². The molecule has 0 radical (unpaired) electrons. The summed E-state index contributed by atoms with van der Waals surface area (Å²) in [6.07, 6.45) is 10.1. The highest BCUT2D eigenvalue weighted by molar-refractivity contribution is 7.97. The van der Waals surface area contributed by atoms with Gasteiger partial charge in [-0.25, -0.2) is 9.78 Å². The Morgan fingerprint density at radius 2 is 2.03 bits per heavy atom. The minimum Gasteiger partial charge on any atom is -0.493 e. The molecule has 2 aliphatic rings. The van der Waals surface area contributed by atoms with Crippen molar-refractivity contribution in [1.82, 2.24) is 9.71 Å². The molecule has 0 saturated heterocycles. The summed E-state index contributed by atoms with van der Waals surface area (Å²) in [6, 6.07) is 10.7. The van der Waals surface area contributed by atoms with Gasteiger partial charge in [0.2, 0.25) is 0 Å². The van der Waals surface area contributed by atoms with Gasteiger partial charge in [-0.2, -0.15) is 0 Å². The van der Waals surface area contributed by atoms with Crippen molar-refractivity contribution in [1.29, 1.82) is 0 Å². The van der Waals surface area contributed by atoms with Crippen molar-refractivity contribution in [2.24, 2.45) is 5.92 Å². The number of cyclic esters (lactones) is 1. The number of aromatic nitrogens is 1. The van der Waals surface area contributed by atoms with Crippen LogP contribution in [0, 0.1) is 5.92 Å². The predicted octanol–water partition coefficient (Wildman–Crippen LogP) is 7.47. The van der Waals surface area contributed by atoms with Crippen LogP contribution in [0.2, 0.25) is 0 Å². The topological polar surface area (TPSA) is 72.5 Å². The van der Waals surface area contributed by atoms with E-state index in [-0.39, 0.29) is 12.6 Å². The third-order valence-electron chi connectivity index (χ3n) is 5.31. The van der Waals surface area contributed by atoms with Crippen LogP contribution in [0.1, 0.15) is 76.6 Å². The Morgan fingerprint density at radius 3 is 2.80 bits per heavy atom. The zero-order valence-electron chi connectivity index (χ0n) is 21.8. The first-order chi connectivity index (χ1) is 17.2. The number of hydrogen-bond donors (Lipinski definition) is 2. The highest BCUT2D eigenvalue weighted by atomic mass is 32.2. The van der Waals surface area contributed by atoms with Gasteiger partial charge in [-0.1, -0.05) is 63.9 Å².